The molecule has 3 N–H and O–H groups in total. The molecule has 148 valence electrons. The van der Waals surface area contributed by atoms with Crippen molar-refractivity contribution in [1.82, 2.24) is 0 Å². The van der Waals surface area contributed by atoms with Crippen LogP contribution in [0.15, 0.2) is 48.5 Å². The SMILES string of the molecule is CC1(C)C(/C=C/c2cc(O)ccc2O)=[N+](CCCS(=O)(=O)O)c2ccccc21. The molecule has 1 heterocycles. The van der Waals surface area contributed by atoms with Crippen LogP contribution in [0.1, 0.15) is 31.4 Å². The molecule has 0 unspecified atom stereocenters. The molecule has 0 bridgehead atoms. The normalized spacial score (nSPS) is 16.0. The maximum atomic E-state index is 11.1. The van der Waals surface area contributed by atoms with E-state index < -0.39 is 10.1 Å². The number of aromatic hydroxyl groups is 2. The van der Waals surface area contributed by atoms with Crippen LogP contribution in [0.5, 0.6) is 11.5 Å². The molecule has 6 nitrogen and oxygen atoms in total. The largest absolute Gasteiger partial charge is 0.508 e. The van der Waals surface area contributed by atoms with Gasteiger partial charge in [0.15, 0.2) is 5.71 Å². The van der Waals surface area contributed by atoms with Crippen molar-refractivity contribution in [3.05, 3.63) is 59.7 Å². The average Bonchev–Trinajstić information content (AvgIpc) is 2.82. The van der Waals surface area contributed by atoms with Crippen LogP contribution in [0.25, 0.3) is 6.08 Å². The molecule has 0 saturated carbocycles. The molecule has 2 aromatic carbocycles. The van der Waals surface area contributed by atoms with E-state index in [2.05, 4.69) is 13.8 Å². The second-order valence-corrected chi connectivity index (χ2v) is 8.97. The fraction of sp³-hybridized carbons (Fsp3) is 0.286. The summed E-state index contributed by atoms with van der Waals surface area (Å²) in [4.78, 5) is 0. The number of para-hydroxylation sites is 1. The Bertz CT molecular complexity index is 1070. The molecule has 0 saturated heterocycles. The first-order valence-electron chi connectivity index (χ1n) is 8.99. The highest BCUT2D eigenvalue weighted by Gasteiger charge is 2.43. The number of rotatable bonds is 6. The van der Waals surface area contributed by atoms with Crippen LogP contribution in [-0.4, -0.2) is 45.8 Å². The Balaban J connectivity index is 2.03. The number of nitrogens with zero attached hydrogens (tertiary/aromatic N) is 1. The number of phenolic OH excluding ortho intramolecular Hbond substituents is 2. The van der Waals surface area contributed by atoms with Crippen LogP contribution in [0.2, 0.25) is 0 Å². The maximum Gasteiger partial charge on any atom is 0.265 e. The van der Waals surface area contributed by atoms with E-state index in [1.807, 2.05) is 34.9 Å². The van der Waals surface area contributed by atoms with Gasteiger partial charge in [0, 0.05) is 29.7 Å². The molecule has 1 aliphatic rings. The summed E-state index contributed by atoms with van der Waals surface area (Å²) >= 11 is 0. The third-order valence-corrected chi connectivity index (χ3v) is 5.82. The van der Waals surface area contributed by atoms with Gasteiger partial charge in [-0.1, -0.05) is 18.2 Å². The monoisotopic (exact) mass is 402 g/mol. The average molecular weight is 402 g/mol. The Labute approximate surface area is 164 Å². The quantitative estimate of drug-likeness (QED) is 0.390. The van der Waals surface area contributed by atoms with Crippen LogP contribution >= 0.6 is 0 Å². The molecule has 0 atom stereocenters. The minimum atomic E-state index is -4.02. The van der Waals surface area contributed by atoms with Crippen LogP contribution in [-0.2, 0) is 15.5 Å². The maximum absolute atomic E-state index is 11.1. The molecular formula is C21H24NO5S+. The first-order chi connectivity index (χ1) is 13.1. The lowest BCUT2D eigenvalue weighted by molar-refractivity contribution is -0.437. The number of phenols is 2. The Hall–Kier alpha value is -2.64. The van der Waals surface area contributed by atoms with Gasteiger partial charge < -0.3 is 10.2 Å². The van der Waals surface area contributed by atoms with Gasteiger partial charge in [-0.15, -0.1) is 0 Å². The molecular weight excluding hydrogens is 378 g/mol. The highest BCUT2D eigenvalue weighted by atomic mass is 32.2. The second kappa shape index (κ2) is 7.41. The van der Waals surface area contributed by atoms with E-state index in [9.17, 15) is 18.6 Å². The van der Waals surface area contributed by atoms with Crippen molar-refractivity contribution in [1.29, 1.82) is 0 Å². The lowest BCUT2D eigenvalue weighted by Crippen LogP contribution is -2.28. The van der Waals surface area contributed by atoms with Crippen LogP contribution in [0.4, 0.5) is 5.69 Å². The predicted octanol–water partition coefficient (Wildman–Crippen LogP) is 3.47. The van der Waals surface area contributed by atoms with E-state index in [-0.39, 0.29) is 29.1 Å². The lowest BCUT2D eigenvalue weighted by atomic mass is 9.81. The molecule has 0 radical (unpaired) electrons. The lowest BCUT2D eigenvalue weighted by Gasteiger charge is -2.15. The molecule has 0 fully saturated rings. The van der Waals surface area contributed by atoms with E-state index in [0.29, 0.717) is 12.1 Å². The molecule has 7 heteroatoms. The summed E-state index contributed by atoms with van der Waals surface area (Å²) in [6.45, 7) is 4.58. The molecule has 28 heavy (non-hydrogen) atoms. The Morgan fingerprint density at radius 1 is 1.07 bits per heavy atom. The van der Waals surface area contributed by atoms with Gasteiger partial charge >= 0.3 is 0 Å². The van der Waals surface area contributed by atoms with Crippen LogP contribution in [0.3, 0.4) is 0 Å². The summed E-state index contributed by atoms with van der Waals surface area (Å²) in [7, 11) is -4.02. The summed E-state index contributed by atoms with van der Waals surface area (Å²) in [6.07, 6.45) is 3.88. The fourth-order valence-corrected chi connectivity index (χ4v) is 4.12. The Morgan fingerprint density at radius 3 is 2.50 bits per heavy atom. The van der Waals surface area contributed by atoms with E-state index in [1.54, 1.807) is 6.08 Å². The van der Waals surface area contributed by atoms with Gasteiger partial charge in [-0.2, -0.15) is 13.0 Å². The molecule has 0 amide bonds. The van der Waals surface area contributed by atoms with E-state index in [1.165, 1.54) is 18.2 Å². The predicted molar refractivity (Wildman–Crippen MR) is 109 cm³/mol. The van der Waals surface area contributed by atoms with Gasteiger partial charge in [0.1, 0.15) is 18.0 Å². The zero-order valence-corrected chi connectivity index (χ0v) is 16.6. The number of allylic oxidation sites excluding steroid dienone is 1. The van der Waals surface area contributed by atoms with Gasteiger partial charge in [-0.05, 0) is 38.1 Å². The first-order valence-corrected chi connectivity index (χ1v) is 10.6. The smallest absolute Gasteiger partial charge is 0.265 e. The summed E-state index contributed by atoms with van der Waals surface area (Å²) < 4.78 is 33.3. The summed E-state index contributed by atoms with van der Waals surface area (Å²) in [5.74, 6) is -0.196. The summed E-state index contributed by atoms with van der Waals surface area (Å²) in [5.41, 5.74) is 3.19. The molecule has 0 aliphatic carbocycles. The van der Waals surface area contributed by atoms with E-state index >= 15 is 0 Å². The van der Waals surface area contributed by atoms with Crippen molar-refractivity contribution in [3.63, 3.8) is 0 Å². The highest BCUT2D eigenvalue weighted by Crippen LogP contribution is 2.40. The molecule has 3 rings (SSSR count). The standard InChI is InChI=1S/C21H23NO5S/c1-21(2)17-6-3-4-7-18(17)22(12-5-13-28(25,26)27)20(21)11-8-15-14-16(23)9-10-19(15)24/h3-4,6-11,14H,5,12-13H2,1-2H3,(H2,23,25,26,27)/p+1. The minimum absolute atomic E-state index is 0.0564. The number of hydrogen-bond donors (Lipinski definition) is 3. The molecule has 1 aliphatic heterocycles. The zero-order valence-electron chi connectivity index (χ0n) is 15.8. The van der Waals surface area contributed by atoms with Gasteiger partial charge in [-0.25, -0.2) is 0 Å². The Morgan fingerprint density at radius 2 is 1.79 bits per heavy atom. The third kappa shape index (κ3) is 4.10. The van der Waals surface area contributed by atoms with Crippen LogP contribution in [0, 0.1) is 0 Å². The van der Waals surface area contributed by atoms with Gasteiger partial charge in [0.25, 0.3) is 10.1 Å². The summed E-state index contributed by atoms with van der Waals surface area (Å²) in [6, 6.07) is 12.2. The zero-order chi connectivity index (χ0) is 20.5. The van der Waals surface area contributed by atoms with Crippen molar-refractivity contribution in [2.24, 2.45) is 0 Å². The van der Waals surface area contributed by atoms with Crippen molar-refractivity contribution in [2.75, 3.05) is 12.3 Å². The number of fused-ring (bicyclic) bond motifs is 1. The fourth-order valence-electron chi connectivity index (χ4n) is 3.63. The minimum Gasteiger partial charge on any atom is -0.508 e. The van der Waals surface area contributed by atoms with Gasteiger partial charge in [0.2, 0.25) is 5.69 Å². The van der Waals surface area contributed by atoms with E-state index in [4.69, 9.17) is 4.55 Å². The summed E-state index contributed by atoms with van der Waals surface area (Å²) in [5, 5.41) is 19.7. The van der Waals surface area contributed by atoms with Crippen LogP contribution < -0.4 is 0 Å². The first kappa shape index (κ1) is 20.1. The second-order valence-electron chi connectivity index (χ2n) is 7.40. The Kier molecular flexibility index (Phi) is 5.32. The van der Waals surface area contributed by atoms with Crippen molar-refractivity contribution in [2.45, 2.75) is 25.7 Å². The van der Waals surface area contributed by atoms with Crippen molar-refractivity contribution in [3.8, 4) is 11.5 Å². The van der Waals surface area contributed by atoms with Gasteiger partial charge in [-0.3, -0.25) is 4.55 Å². The number of hydrogen-bond acceptors (Lipinski definition) is 4. The van der Waals surface area contributed by atoms with Crippen molar-refractivity contribution < 1.29 is 27.8 Å². The van der Waals surface area contributed by atoms with E-state index in [0.717, 1.165) is 17.0 Å². The number of benzene rings is 2. The molecule has 0 aromatic heterocycles. The molecule has 2 aromatic rings. The van der Waals surface area contributed by atoms with Gasteiger partial charge in [0.05, 0.1) is 11.2 Å². The topological polar surface area (TPSA) is 97.8 Å². The molecule has 0 spiro atoms. The third-order valence-electron chi connectivity index (χ3n) is 5.02. The highest BCUT2D eigenvalue weighted by molar-refractivity contribution is 7.85. The van der Waals surface area contributed by atoms with Crippen molar-refractivity contribution >= 4 is 27.6 Å².